The highest BCUT2D eigenvalue weighted by molar-refractivity contribution is 9.10. The van der Waals surface area contributed by atoms with Crippen molar-refractivity contribution in [2.45, 2.75) is 85.7 Å². The molecule has 0 fully saturated rings. The molecular formula is C41H43BrN2O11. The number of benzene rings is 3. The molecule has 55 heavy (non-hydrogen) atoms. The molecule has 4 N–H and O–H groups in total. The van der Waals surface area contributed by atoms with Crippen molar-refractivity contribution < 1.29 is 43.5 Å². The molecule has 0 saturated heterocycles. The molecule has 3 heterocycles. The van der Waals surface area contributed by atoms with Crippen LogP contribution in [-0.2, 0) is 19.1 Å². The molecule has 4 aromatic rings. The minimum absolute atomic E-state index is 0.00121. The Hall–Kier alpha value is -5.21. The zero-order chi connectivity index (χ0) is 40.1. The number of anilines is 1. The van der Waals surface area contributed by atoms with Crippen LogP contribution >= 0.6 is 15.9 Å². The number of carbonyl (C=O) groups is 2. The van der Waals surface area contributed by atoms with Crippen LogP contribution in [0.3, 0.4) is 0 Å². The molecule has 3 aromatic carbocycles. The number of aromatic hydroxyl groups is 1. The third-order valence-electron chi connectivity index (χ3n) is 10.4. The van der Waals surface area contributed by atoms with Crippen LogP contribution in [0.1, 0.15) is 66.4 Å². The Balaban J connectivity index is 1.60. The number of aliphatic hydroxyl groups is 2. The van der Waals surface area contributed by atoms with Gasteiger partial charge in [-0.1, -0.05) is 54.9 Å². The van der Waals surface area contributed by atoms with Gasteiger partial charge in [0.25, 0.3) is 5.91 Å². The van der Waals surface area contributed by atoms with Crippen LogP contribution < -0.4 is 26.1 Å². The van der Waals surface area contributed by atoms with E-state index in [0.29, 0.717) is 23.7 Å². The van der Waals surface area contributed by atoms with Gasteiger partial charge in [-0.2, -0.15) is 0 Å². The van der Waals surface area contributed by atoms with Gasteiger partial charge in [-0.3, -0.25) is 19.2 Å². The van der Waals surface area contributed by atoms with Gasteiger partial charge in [0.2, 0.25) is 10.9 Å². The summed E-state index contributed by atoms with van der Waals surface area (Å²) in [7, 11) is 0. The van der Waals surface area contributed by atoms with Crippen molar-refractivity contribution in [3.05, 3.63) is 84.0 Å². The fourth-order valence-corrected chi connectivity index (χ4v) is 7.71. The van der Waals surface area contributed by atoms with E-state index in [0.717, 1.165) is 0 Å². The lowest BCUT2D eigenvalue weighted by Gasteiger charge is -2.29. The molecule has 14 heteroatoms. The highest BCUT2D eigenvalue weighted by atomic mass is 79.9. The Morgan fingerprint density at radius 1 is 1.07 bits per heavy atom. The quantitative estimate of drug-likeness (QED) is 0.0929. The molecule has 0 radical (unpaired) electrons. The van der Waals surface area contributed by atoms with Gasteiger partial charge in [0.15, 0.2) is 22.4 Å². The van der Waals surface area contributed by atoms with Gasteiger partial charge in [-0.05, 0) is 57.1 Å². The Morgan fingerprint density at radius 3 is 2.51 bits per heavy atom. The smallest absolute Gasteiger partial charge is 0.307 e. The first-order valence-corrected chi connectivity index (χ1v) is 18.8. The zero-order valence-corrected chi connectivity index (χ0v) is 33.1. The number of halogens is 1. The van der Waals surface area contributed by atoms with E-state index >= 15 is 0 Å². The zero-order valence-electron chi connectivity index (χ0n) is 31.5. The van der Waals surface area contributed by atoms with Crippen molar-refractivity contribution in [3.8, 4) is 11.5 Å². The summed E-state index contributed by atoms with van der Waals surface area (Å²) < 4.78 is 24.4. The fraction of sp³-hybridized carbons (Fsp3) is 0.390. The van der Waals surface area contributed by atoms with Crippen molar-refractivity contribution in [1.29, 1.82) is 0 Å². The average molecular weight is 820 g/mol. The number of amides is 1. The normalized spacial score (nSPS) is 27.4. The van der Waals surface area contributed by atoms with Gasteiger partial charge in [0, 0.05) is 46.8 Å². The third kappa shape index (κ3) is 7.32. The number of nitrogens with zero attached hydrogens (tertiary/aromatic N) is 1. The summed E-state index contributed by atoms with van der Waals surface area (Å²) in [4.78, 5) is 57.9. The molecule has 0 aliphatic carbocycles. The molecule has 4 bridgehead atoms. The van der Waals surface area contributed by atoms with E-state index in [1.54, 1.807) is 18.2 Å². The van der Waals surface area contributed by atoms with Gasteiger partial charge in [0.05, 0.1) is 23.0 Å². The van der Waals surface area contributed by atoms with Crippen LogP contribution in [0.4, 0.5) is 5.69 Å². The van der Waals surface area contributed by atoms with Gasteiger partial charge >= 0.3 is 11.8 Å². The molecule has 13 nitrogen and oxygen atoms in total. The van der Waals surface area contributed by atoms with Crippen LogP contribution in [0.5, 0.6) is 11.5 Å². The second-order valence-electron chi connectivity index (χ2n) is 14.6. The number of esters is 1. The lowest BCUT2D eigenvalue weighted by Crippen LogP contribution is -2.33. The van der Waals surface area contributed by atoms with Crippen molar-refractivity contribution in [2.75, 3.05) is 5.32 Å². The van der Waals surface area contributed by atoms with Gasteiger partial charge in [-0.15, -0.1) is 0 Å². The molecule has 0 spiro atoms. The molecule has 0 unspecified atom stereocenters. The molecular weight excluding hydrogens is 776 g/mol. The molecule has 290 valence electrons. The predicted molar refractivity (Wildman–Crippen MR) is 211 cm³/mol. The van der Waals surface area contributed by atoms with E-state index in [9.17, 15) is 34.5 Å². The van der Waals surface area contributed by atoms with E-state index < -0.39 is 52.2 Å². The van der Waals surface area contributed by atoms with Crippen molar-refractivity contribution in [1.82, 2.24) is 4.98 Å². The van der Waals surface area contributed by atoms with E-state index in [4.69, 9.17) is 18.6 Å². The number of carbonyl (C=O) groups excluding carboxylic acids is 2. The van der Waals surface area contributed by atoms with E-state index in [1.807, 2.05) is 20.8 Å². The molecule has 0 saturated carbocycles. The monoisotopic (exact) mass is 818 g/mol. The minimum atomic E-state index is -1.84. The molecule has 6 rings (SSSR count). The van der Waals surface area contributed by atoms with Crippen LogP contribution in [0.25, 0.3) is 38.7 Å². The maximum Gasteiger partial charge on any atom is 0.307 e. The Kier molecular flexibility index (Phi) is 10.9. The summed E-state index contributed by atoms with van der Waals surface area (Å²) in [6, 6.07) is 2.78. The SMILES string of the molecule is CC(=O)O[C@@H]1CC/C=C/O[C@@]2(C)Oc3c(C)c(O)c4c(=O)c(c5oc6cc(Br)cc(=O)c6nc5c4c3=C2O)NC(=O)/C(C)=C\C=C\[C@H](C)[C@H](O)[C@@H](C)C[C@H]1C. The minimum Gasteiger partial charge on any atom is -0.507 e. The van der Waals surface area contributed by atoms with Crippen LogP contribution in [0.2, 0.25) is 0 Å². The van der Waals surface area contributed by atoms with Crippen LogP contribution in [0, 0.1) is 24.7 Å². The number of fused-ring (bicyclic) bond motifs is 2. The lowest BCUT2D eigenvalue weighted by molar-refractivity contribution is -0.149. The topological polar surface area (TPSA) is 195 Å². The summed E-state index contributed by atoms with van der Waals surface area (Å²) in [6.07, 6.45) is 8.20. The number of hydrogen-bond acceptors (Lipinski definition) is 12. The fourth-order valence-electron chi connectivity index (χ4n) is 7.29. The first-order chi connectivity index (χ1) is 25.9. The first-order valence-electron chi connectivity index (χ1n) is 18.0. The maximum absolute atomic E-state index is 14.4. The summed E-state index contributed by atoms with van der Waals surface area (Å²) >= 11 is 3.29. The first kappa shape index (κ1) is 39.5. The Bertz CT molecular complexity index is 2520. The molecule has 2 aliphatic heterocycles. The summed E-state index contributed by atoms with van der Waals surface area (Å²) in [5, 5.41) is 36.8. The van der Waals surface area contributed by atoms with Crippen LogP contribution in [-0.4, -0.2) is 50.2 Å². The number of allylic oxidation sites excluding steroid dienone is 3. The van der Waals surface area contributed by atoms with Gasteiger partial charge < -0.3 is 39.3 Å². The number of ether oxygens (including phenoxy) is 3. The molecule has 1 amide bonds. The summed E-state index contributed by atoms with van der Waals surface area (Å²) in [5.74, 6) is -4.48. The predicted octanol–water partition coefficient (Wildman–Crippen LogP) is 6.48. The van der Waals surface area contributed by atoms with E-state index in [2.05, 4.69) is 26.2 Å². The van der Waals surface area contributed by atoms with Crippen LogP contribution in [0.15, 0.2) is 66.8 Å². The summed E-state index contributed by atoms with van der Waals surface area (Å²) in [6.45, 7) is 11.6. The largest absolute Gasteiger partial charge is 0.507 e. The molecule has 6 atom stereocenters. The van der Waals surface area contributed by atoms with Crippen molar-refractivity contribution in [3.63, 3.8) is 0 Å². The number of phenolic OH excluding ortho intramolecular Hbond substituents is 1. The standard InChI is InChI=1S/C41H43BrN2O11/c1-18-11-10-12-19(2)40(51)44-33-36(49)29-28(32-38(33)54-27-17-24(42)16-25(46)31(27)43-32)30-37(22(5)35(29)48)55-41(7,39(30)50)52-14-9-8-13-26(53-23(6)45)20(3)15-21(4)34(18)47/h9-12,14,16-18,20-21,26,34,47-48,50H,8,13,15H2,1-7H3,(H,44,51)/b11-10+,14-9+,19-12-/t18-,20+,21-,26+,34-,41-/m0/s1. The van der Waals surface area contributed by atoms with E-state index in [-0.39, 0.29) is 78.5 Å². The maximum atomic E-state index is 14.4. The number of nitrogens with one attached hydrogen (secondary N) is 1. The molecule has 2 aliphatic rings. The number of phenols is 1. The average Bonchev–Trinajstić information content (AvgIpc) is 3.38. The van der Waals surface area contributed by atoms with Crippen molar-refractivity contribution >= 4 is 72.2 Å². The Labute approximate surface area is 324 Å². The third-order valence-corrected chi connectivity index (χ3v) is 10.8. The second kappa shape index (κ2) is 15.1. The van der Waals surface area contributed by atoms with Gasteiger partial charge in [-0.25, -0.2) is 4.98 Å². The molecule has 1 aromatic heterocycles. The number of aromatic nitrogens is 1. The highest BCUT2D eigenvalue weighted by Crippen LogP contribution is 2.42. The van der Waals surface area contributed by atoms with E-state index in [1.165, 1.54) is 52.2 Å². The van der Waals surface area contributed by atoms with Crippen molar-refractivity contribution in [2.24, 2.45) is 17.8 Å². The Morgan fingerprint density at radius 2 is 1.80 bits per heavy atom. The second-order valence-corrected chi connectivity index (χ2v) is 15.5. The number of aliphatic hydroxyl groups excluding tert-OH is 2. The summed E-state index contributed by atoms with van der Waals surface area (Å²) in [5.41, 5.74) is -1.85. The number of hydrogen-bond donors (Lipinski definition) is 4. The highest BCUT2D eigenvalue weighted by Gasteiger charge is 2.43. The number of rotatable bonds is 1. The lowest BCUT2D eigenvalue weighted by atomic mass is 9.84. The van der Waals surface area contributed by atoms with Gasteiger partial charge in [0.1, 0.15) is 28.8 Å².